The molecular weight excluding hydrogens is 290 g/mol. The number of rotatable bonds is 5. The van der Waals surface area contributed by atoms with Gasteiger partial charge in [0.25, 0.3) is 0 Å². The summed E-state index contributed by atoms with van der Waals surface area (Å²) in [5.41, 5.74) is 3.91. The van der Waals surface area contributed by atoms with E-state index in [1.165, 1.54) is 0 Å². The van der Waals surface area contributed by atoms with Crippen LogP contribution in [0.25, 0.3) is 11.5 Å². The summed E-state index contributed by atoms with van der Waals surface area (Å²) >= 11 is 0. The van der Waals surface area contributed by atoms with Crippen LogP contribution in [0.1, 0.15) is 22.6 Å². The van der Waals surface area contributed by atoms with Crippen molar-refractivity contribution in [1.82, 2.24) is 25.0 Å². The summed E-state index contributed by atoms with van der Waals surface area (Å²) in [7, 11) is 2.05. The maximum absolute atomic E-state index is 5.20. The van der Waals surface area contributed by atoms with Crippen LogP contribution >= 0.6 is 0 Å². The van der Waals surface area contributed by atoms with Gasteiger partial charge in [0.2, 0.25) is 0 Å². The first-order chi connectivity index (χ1) is 11.1. The molecular formula is C17H19N5O. The zero-order valence-corrected chi connectivity index (χ0v) is 13.5. The van der Waals surface area contributed by atoms with Gasteiger partial charge in [-0.05, 0) is 33.0 Å². The summed E-state index contributed by atoms with van der Waals surface area (Å²) in [6.45, 7) is 5.44. The highest BCUT2D eigenvalue weighted by atomic mass is 16.5. The molecule has 118 valence electrons. The number of nitrogens with zero attached hydrogens (tertiary/aromatic N) is 5. The number of hydrogen-bond acceptors (Lipinski definition) is 6. The summed E-state index contributed by atoms with van der Waals surface area (Å²) < 4.78 is 5.20. The van der Waals surface area contributed by atoms with Crippen LogP contribution in [0, 0.1) is 13.8 Å². The fraction of sp³-hybridized carbons (Fsp3) is 0.294. The highest BCUT2D eigenvalue weighted by molar-refractivity contribution is 5.47. The maximum atomic E-state index is 5.20. The summed E-state index contributed by atoms with van der Waals surface area (Å²) in [6.07, 6.45) is 5.44. The number of pyridine rings is 1. The van der Waals surface area contributed by atoms with Crippen molar-refractivity contribution >= 4 is 0 Å². The Hall–Kier alpha value is -2.60. The van der Waals surface area contributed by atoms with Gasteiger partial charge in [-0.3, -0.25) is 9.88 Å². The van der Waals surface area contributed by atoms with Crippen molar-refractivity contribution in [3.63, 3.8) is 0 Å². The minimum atomic E-state index is 0.641. The summed E-state index contributed by atoms with van der Waals surface area (Å²) in [6, 6.07) is 5.71. The molecule has 0 amide bonds. The molecule has 3 aromatic rings. The second kappa shape index (κ2) is 6.66. The molecule has 0 atom stereocenters. The molecule has 3 aromatic heterocycles. The molecule has 0 bridgehead atoms. The van der Waals surface area contributed by atoms with Gasteiger partial charge >= 0.3 is 0 Å². The van der Waals surface area contributed by atoms with E-state index in [0.29, 0.717) is 5.82 Å². The third-order valence-corrected chi connectivity index (χ3v) is 3.66. The van der Waals surface area contributed by atoms with Crippen molar-refractivity contribution in [2.75, 3.05) is 7.05 Å². The second-order valence-electron chi connectivity index (χ2n) is 5.60. The first-order valence-corrected chi connectivity index (χ1v) is 7.46. The maximum Gasteiger partial charge on any atom is 0.178 e. The fourth-order valence-electron chi connectivity index (χ4n) is 2.43. The zero-order chi connectivity index (χ0) is 16.2. The van der Waals surface area contributed by atoms with Crippen LogP contribution < -0.4 is 0 Å². The third-order valence-electron chi connectivity index (χ3n) is 3.66. The van der Waals surface area contributed by atoms with Crippen molar-refractivity contribution in [2.24, 2.45) is 0 Å². The van der Waals surface area contributed by atoms with E-state index in [-0.39, 0.29) is 0 Å². The third kappa shape index (κ3) is 3.60. The van der Waals surface area contributed by atoms with E-state index in [0.717, 1.165) is 41.4 Å². The van der Waals surface area contributed by atoms with Gasteiger partial charge in [-0.15, -0.1) is 0 Å². The monoisotopic (exact) mass is 309 g/mol. The first kappa shape index (κ1) is 15.3. The molecule has 0 spiro atoms. The van der Waals surface area contributed by atoms with Gasteiger partial charge in [0, 0.05) is 42.8 Å². The van der Waals surface area contributed by atoms with Crippen LogP contribution in [0.4, 0.5) is 0 Å². The van der Waals surface area contributed by atoms with Crippen LogP contribution in [-0.4, -0.2) is 32.1 Å². The Labute approximate surface area is 135 Å². The zero-order valence-electron chi connectivity index (χ0n) is 13.5. The fourth-order valence-corrected chi connectivity index (χ4v) is 2.43. The lowest BCUT2D eigenvalue weighted by Gasteiger charge is -2.16. The van der Waals surface area contributed by atoms with E-state index in [1.807, 2.05) is 44.4 Å². The summed E-state index contributed by atoms with van der Waals surface area (Å²) in [5, 5.41) is 3.99. The lowest BCUT2D eigenvalue weighted by molar-refractivity contribution is 0.314. The Morgan fingerprint density at radius 2 is 1.83 bits per heavy atom. The van der Waals surface area contributed by atoms with E-state index >= 15 is 0 Å². The van der Waals surface area contributed by atoms with Crippen LogP contribution in [-0.2, 0) is 13.1 Å². The molecule has 0 saturated heterocycles. The van der Waals surface area contributed by atoms with Crippen molar-refractivity contribution in [3.8, 4) is 11.5 Å². The van der Waals surface area contributed by atoms with Crippen LogP contribution in [0.15, 0.2) is 41.3 Å². The second-order valence-corrected chi connectivity index (χ2v) is 5.60. The van der Waals surface area contributed by atoms with Gasteiger partial charge in [0.05, 0.1) is 5.69 Å². The number of aryl methyl sites for hydroxylation is 2. The Morgan fingerprint density at radius 1 is 1.04 bits per heavy atom. The molecule has 0 aliphatic carbocycles. The standard InChI is InChI=1S/C17H19N5O/c1-12-15(13(2)23-21-12)11-22(3)10-14-8-19-17(20-9-14)16-6-4-5-7-18-16/h4-9H,10-11H2,1-3H3. The molecule has 0 aliphatic heterocycles. The van der Waals surface area contributed by atoms with Crippen molar-refractivity contribution in [2.45, 2.75) is 26.9 Å². The van der Waals surface area contributed by atoms with E-state index < -0.39 is 0 Å². The predicted octanol–water partition coefficient (Wildman–Crippen LogP) is 2.78. The van der Waals surface area contributed by atoms with Crippen molar-refractivity contribution < 1.29 is 4.52 Å². The first-order valence-electron chi connectivity index (χ1n) is 7.46. The van der Waals surface area contributed by atoms with E-state index in [9.17, 15) is 0 Å². The van der Waals surface area contributed by atoms with Gasteiger partial charge in [0.1, 0.15) is 11.5 Å². The largest absolute Gasteiger partial charge is 0.361 e. The average molecular weight is 309 g/mol. The van der Waals surface area contributed by atoms with Crippen molar-refractivity contribution in [3.05, 3.63) is 59.4 Å². The van der Waals surface area contributed by atoms with E-state index in [2.05, 4.69) is 32.1 Å². The Kier molecular flexibility index (Phi) is 4.43. The molecule has 23 heavy (non-hydrogen) atoms. The van der Waals surface area contributed by atoms with Gasteiger partial charge in [-0.2, -0.15) is 0 Å². The molecule has 0 saturated carbocycles. The minimum Gasteiger partial charge on any atom is -0.361 e. The Bertz CT molecular complexity index is 748. The molecule has 0 aromatic carbocycles. The van der Waals surface area contributed by atoms with Gasteiger partial charge in [0.15, 0.2) is 5.82 Å². The highest BCUT2D eigenvalue weighted by Gasteiger charge is 2.12. The minimum absolute atomic E-state index is 0.641. The molecule has 6 nitrogen and oxygen atoms in total. The molecule has 3 heterocycles. The molecule has 6 heteroatoms. The van der Waals surface area contributed by atoms with Gasteiger partial charge in [-0.1, -0.05) is 11.2 Å². The molecule has 0 radical (unpaired) electrons. The highest BCUT2D eigenvalue weighted by Crippen LogP contribution is 2.16. The Morgan fingerprint density at radius 3 is 2.43 bits per heavy atom. The summed E-state index contributed by atoms with van der Waals surface area (Å²) in [5.74, 6) is 1.51. The Balaban J connectivity index is 1.66. The topological polar surface area (TPSA) is 67.9 Å². The van der Waals surface area contributed by atoms with Crippen LogP contribution in [0.3, 0.4) is 0 Å². The number of hydrogen-bond donors (Lipinski definition) is 0. The lowest BCUT2D eigenvalue weighted by Crippen LogP contribution is -2.18. The average Bonchev–Trinajstić information content (AvgIpc) is 2.88. The lowest BCUT2D eigenvalue weighted by atomic mass is 10.2. The predicted molar refractivity (Wildman–Crippen MR) is 86.4 cm³/mol. The summed E-state index contributed by atoms with van der Waals surface area (Å²) in [4.78, 5) is 15.2. The molecule has 0 fully saturated rings. The smallest absolute Gasteiger partial charge is 0.178 e. The van der Waals surface area contributed by atoms with Crippen molar-refractivity contribution in [1.29, 1.82) is 0 Å². The van der Waals surface area contributed by atoms with Gasteiger partial charge in [-0.25, -0.2) is 9.97 Å². The molecule has 0 unspecified atom stereocenters. The number of aromatic nitrogens is 4. The SMILES string of the molecule is Cc1noc(C)c1CN(C)Cc1cnc(-c2ccccn2)nc1. The molecule has 0 N–H and O–H groups in total. The van der Waals surface area contributed by atoms with E-state index in [4.69, 9.17) is 4.52 Å². The quantitative estimate of drug-likeness (QED) is 0.722. The molecule has 0 aliphatic rings. The van der Waals surface area contributed by atoms with Gasteiger partial charge < -0.3 is 4.52 Å². The van der Waals surface area contributed by atoms with Crippen LogP contribution in [0.5, 0.6) is 0 Å². The normalized spacial score (nSPS) is 11.1. The van der Waals surface area contributed by atoms with Crippen LogP contribution in [0.2, 0.25) is 0 Å². The van der Waals surface area contributed by atoms with E-state index in [1.54, 1.807) is 6.20 Å². The molecule has 3 rings (SSSR count).